The number of allylic oxidation sites excluding steroid dienone is 2. The maximum atomic E-state index is 5.33. The SMILES string of the molecule is COc1ccc2c(c1)S/C(=C\C=C\c1sc3cc(OC)ccc3[n+]1C)N2C. The number of fused-ring (bicyclic) bond motifs is 2. The average molecular weight is 398 g/mol. The predicted molar refractivity (Wildman–Crippen MR) is 114 cm³/mol. The zero-order valence-electron chi connectivity index (χ0n) is 15.7. The summed E-state index contributed by atoms with van der Waals surface area (Å²) >= 11 is 3.52. The second kappa shape index (κ2) is 7.29. The average Bonchev–Trinajstić information content (AvgIpc) is 3.18. The number of benzene rings is 2. The quantitative estimate of drug-likeness (QED) is 0.588. The van der Waals surface area contributed by atoms with Gasteiger partial charge < -0.3 is 14.4 Å². The van der Waals surface area contributed by atoms with Gasteiger partial charge in [0.2, 0.25) is 5.52 Å². The van der Waals surface area contributed by atoms with Crippen LogP contribution in [0.1, 0.15) is 5.01 Å². The Hall–Kier alpha value is -2.44. The zero-order chi connectivity index (χ0) is 19.0. The highest BCUT2D eigenvalue weighted by atomic mass is 32.2. The fourth-order valence-electron chi connectivity index (χ4n) is 3.06. The van der Waals surface area contributed by atoms with Gasteiger partial charge in [-0.05, 0) is 30.3 Å². The van der Waals surface area contributed by atoms with E-state index < -0.39 is 0 Å². The van der Waals surface area contributed by atoms with Gasteiger partial charge in [0.25, 0.3) is 5.01 Å². The molecule has 138 valence electrons. The van der Waals surface area contributed by atoms with Gasteiger partial charge in [0, 0.05) is 30.2 Å². The molecule has 4 nitrogen and oxygen atoms in total. The number of methoxy groups -OCH3 is 2. The number of aryl methyl sites for hydroxylation is 1. The Morgan fingerprint density at radius 3 is 2.56 bits per heavy atom. The lowest BCUT2D eigenvalue weighted by Gasteiger charge is -2.12. The van der Waals surface area contributed by atoms with E-state index in [9.17, 15) is 0 Å². The van der Waals surface area contributed by atoms with Crippen LogP contribution in [0.25, 0.3) is 16.3 Å². The van der Waals surface area contributed by atoms with Gasteiger partial charge in [-0.25, -0.2) is 0 Å². The van der Waals surface area contributed by atoms with Crippen molar-refractivity contribution in [2.45, 2.75) is 4.90 Å². The second-order valence-corrected chi connectivity index (χ2v) is 8.32. The Morgan fingerprint density at radius 2 is 1.78 bits per heavy atom. The fourth-order valence-corrected chi connectivity index (χ4v) is 5.25. The van der Waals surface area contributed by atoms with E-state index in [0.29, 0.717) is 0 Å². The molecule has 0 N–H and O–H groups in total. The molecule has 0 bridgehead atoms. The summed E-state index contributed by atoms with van der Waals surface area (Å²) in [6.07, 6.45) is 6.42. The number of thiazole rings is 1. The first-order valence-corrected chi connectivity index (χ1v) is 10.2. The van der Waals surface area contributed by atoms with Crippen molar-refractivity contribution in [3.8, 4) is 11.5 Å². The Morgan fingerprint density at radius 1 is 1.04 bits per heavy atom. The van der Waals surface area contributed by atoms with Crippen molar-refractivity contribution in [1.82, 2.24) is 0 Å². The summed E-state index contributed by atoms with van der Waals surface area (Å²) in [5.74, 6) is 1.78. The molecule has 0 aliphatic carbocycles. The molecule has 1 aliphatic heterocycles. The number of anilines is 1. The van der Waals surface area contributed by atoms with E-state index in [1.165, 1.54) is 30.8 Å². The van der Waals surface area contributed by atoms with Crippen LogP contribution in [0.3, 0.4) is 0 Å². The third-order valence-corrected chi connectivity index (χ3v) is 6.96. The van der Waals surface area contributed by atoms with Crippen molar-refractivity contribution in [1.29, 1.82) is 0 Å². The van der Waals surface area contributed by atoms with Crippen molar-refractivity contribution < 1.29 is 14.0 Å². The second-order valence-electron chi connectivity index (χ2n) is 6.19. The van der Waals surface area contributed by atoms with Crippen LogP contribution >= 0.6 is 23.1 Å². The Labute approximate surface area is 167 Å². The smallest absolute Gasteiger partial charge is 0.262 e. The highest BCUT2D eigenvalue weighted by molar-refractivity contribution is 8.03. The lowest BCUT2D eigenvalue weighted by atomic mass is 10.3. The Balaban J connectivity index is 1.59. The molecular weight excluding hydrogens is 376 g/mol. The monoisotopic (exact) mass is 397 g/mol. The predicted octanol–water partition coefficient (Wildman–Crippen LogP) is 4.84. The molecule has 0 saturated heterocycles. The van der Waals surface area contributed by atoms with E-state index in [-0.39, 0.29) is 0 Å². The standard InChI is InChI=1S/C21H21N2O2S2/c1-22-16-10-8-14(24-3)12-18(16)26-20(22)6-5-7-21-23(2)17-11-9-15(25-4)13-19(17)27-21/h5-13H,1-4H3/q+1. The van der Waals surface area contributed by atoms with Gasteiger partial charge in [-0.15, -0.1) is 0 Å². The first-order valence-electron chi connectivity index (χ1n) is 8.55. The van der Waals surface area contributed by atoms with Crippen LogP contribution in [0, 0.1) is 0 Å². The van der Waals surface area contributed by atoms with E-state index >= 15 is 0 Å². The summed E-state index contributed by atoms with van der Waals surface area (Å²) in [6, 6.07) is 12.4. The normalized spacial score (nSPS) is 15.1. The van der Waals surface area contributed by atoms with Gasteiger partial charge in [0.15, 0.2) is 0 Å². The molecule has 1 aliphatic rings. The van der Waals surface area contributed by atoms with Gasteiger partial charge in [-0.3, -0.25) is 0 Å². The van der Waals surface area contributed by atoms with E-state index in [0.717, 1.165) is 11.5 Å². The van der Waals surface area contributed by atoms with Crippen molar-refractivity contribution in [3.05, 3.63) is 58.6 Å². The number of hydrogen-bond acceptors (Lipinski definition) is 5. The zero-order valence-corrected chi connectivity index (χ0v) is 17.4. The largest absolute Gasteiger partial charge is 0.497 e. The van der Waals surface area contributed by atoms with Crippen LogP contribution in [0.15, 0.2) is 58.5 Å². The summed E-state index contributed by atoms with van der Waals surface area (Å²) in [5.41, 5.74) is 2.42. The summed E-state index contributed by atoms with van der Waals surface area (Å²) in [7, 11) is 7.59. The van der Waals surface area contributed by atoms with Crippen LogP contribution in [0.5, 0.6) is 11.5 Å². The molecule has 27 heavy (non-hydrogen) atoms. The van der Waals surface area contributed by atoms with Gasteiger partial charge in [-0.2, -0.15) is 4.57 Å². The lowest BCUT2D eigenvalue weighted by Crippen LogP contribution is -2.28. The van der Waals surface area contributed by atoms with Gasteiger partial charge in [0.05, 0.1) is 24.9 Å². The molecule has 1 aromatic heterocycles. The molecule has 0 radical (unpaired) electrons. The molecule has 6 heteroatoms. The fraction of sp³-hybridized carbons (Fsp3) is 0.190. The maximum Gasteiger partial charge on any atom is 0.262 e. The Bertz CT molecular complexity index is 1070. The lowest BCUT2D eigenvalue weighted by molar-refractivity contribution is -0.642. The summed E-state index contributed by atoms with van der Waals surface area (Å²) < 4.78 is 14.1. The van der Waals surface area contributed by atoms with E-state index in [1.807, 2.05) is 12.1 Å². The molecule has 0 atom stereocenters. The molecule has 4 rings (SSSR count). The minimum absolute atomic E-state index is 0.888. The van der Waals surface area contributed by atoms with Crippen molar-refractivity contribution in [2.24, 2.45) is 7.05 Å². The Kier molecular flexibility index (Phi) is 4.85. The molecule has 0 unspecified atom stereocenters. The third kappa shape index (κ3) is 3.31. The first-order chi connectivity index (χ1) is 13.1. The van der Waals surface area contributed by atoms with Crippen LogP contribution in [0.4, 0.5) is 5.69 Å². The van der Waals surface area contributed by atoms with Crippen LogP contribution < -0.4 is 18.9 Å². The molecule has 0 spiro atoms. The molecular formula is C21H21N2O2S2+. The van der Waals surface area contributed by atoms with Gasteiger partial charge in [0.1, 0.15) is 23.2 Å². The highest BCUT2D eigenvalue weighted by Crippen LogP contribution is 2.46. The minimum atomic E-state index is 0.888. The number of aromatic nitrogens is 1. The molecule has 0 fully saturated rings. The molecule has 3 aromatic rings. The minimum Gasteiger partial charge on any atom is -0.497 e. The van der Waals surface area contributed by atoms with Gasteiger partial charge >= 0.3 is 0 Å². The van der Waals surface area contributed by atoms with Crippen molar-refractivity contribution in [2.75, 3.05) is 26.2 Å². The summed E-state index contributed by atoms with van der Waals surface area (Å²) in [5, 5.41) is 2.39. The maximum absolute atomic E-state index is 5.33. The van der Waals surface area contributed by atoms with Crippen molar-refractivity contribution in [3.63, 3.8) is 0 Å². The molecule has 2 heterocycles. The molecule has 0 amide bonds. The third-order valence-electron chi connectivity index (χ3n) is 4.62. The van der Waals surface area contributed by atoms with E-state index in [1.54, 1.807) is 37.3 Å². The first kappa shape index (κ1) is 17.9. The van der Waals surface area contributed by atoms with E-state index in [2.05, 4.69) is 66.1 Å². The molecule has 0 saturated carbocycles. The van der Waals surface area contributed by atoms with Crippen molar-refractivity contribution >= 4 is 45.1 Å². The molecule has 2 aromatic carbocycles. The number of rotatable bonds is 4. The number of hydrogen-bond donors (Lipinski definition) is 0. The number of nitrogens with zero attached hydrogens (tertiary/aromatic N) is 2. The summed E-state index contributed by atoms with van der Waals surface area (Å²) in [6.45, 7) is 0. The van der Waals surface area contributed by atoms with Crippen LogP contribution in [0.2, 0.25) is 0 Å². The number of thioether (sulfide) groups is 1. The summed E-state index contributed by atoms with van der Waals surface area (Å²) in [4.78, 5) is 3.43. The van der Waals surface area contributed by atoms with Crippen LogP contribution in [-0.2, 0) is 7.05 Å². The highest BCUT2D eigenvalue weighted by Gasteiger charge is 2.22. The topological polar surface area (TPSA) is 25.6 Å². The van der Waals surface area contributed by atoms with Gasteiger partial charge in [-0.1, -0.05) is 29.2 Å². The number of ether oxygens (including phenoxy) is 2. The van der Waals surface area contributed by atoms with E-state index in [4.69, 9.17) is 9.47 Å². The van der Waals surface area contributed by atoms with Crippen LogP contribution in [-0.4, -0.2) is 21.3 Å².